The van der Waals surface area contributed by atoms with Crippen molar-refractivity contribution in [2.75, 3.05) is 4.90 Å². The summed E-state index contributed by atoms with van der Waals surface area (Å²) in [6, 6.07) is 8.68. The highest BCUT2D eigenvalue weighted by Gasteiger charge is 2.36. The minimum Gasteiger partial charge on any atom is -0.470 e. The molecule has 0 saturated heterocycles. The third-order valence-corrected chi connectivity index (χ3v) is 2.72. The monoisotopic (exact) mass is 215 g/mol. The number of nitrogens with zero attached hydrogens (tertiary/aromatic N) is 1. The standard InChI is InChI=1S/C12H9NO3/c14-11-9-3-1-2-4-10(9)12(15)13(11)8-5-6-16-7-8/h1-7,11,14H. The second-order valence-electron chi connectivity index (χ2n) is 3.62. The van der Waals surface area contributed by atoms with Gasteiger partial charge < -0.3 is 9.52 Å². The highest BCUT2D eigenvalue weighted by Crippen LogP contribution is 2.35. The normalized spacial score (nSPS) is 18.9. The molecule has 80 valence electrons. The van der Waals surface area contributed by atoms with Gasteiger partial charge in [-0.1, -0.05) is 18.2 Å². The number of amides is 1. The summed E-state index contributed by atoms with van der Waals surface area (Å²) < 4.78 is 4.92. The molecule has 1 aliphatic rings. The van der Waals surface area contributed by atoms with Gasteiger partial charge in [-0.2, -0.15) is 0 Å². The quantitative estimate of drug-likeness (QED) is 0.790. The van der Waals surface area contributed by atoms with Crippen LogP contribution in [0.5, 0.6) is 0 Å². The highest BCUT2D eigenvalue weighted by molar-refractivity contribution is 6.10. The van der Waals surface area contributed by atoms with E-state index in [0.717, 1.165) is 0 Å². The molecule has 0 aliphatic carbocycles. The van der Waals surface area contributed by atoms with Gasteiger partial charge in [-0.3, -0.25) is 9.69 Å². The number of rotatable bonds is 1. The van der Waals surface area contributed by atoms with E-state index >= 15 is 0 Å². The second-order valence-corrected chi connectivity index (χ2v) is 3.62. The molecular formula is C12H9NO3. The number of aliphatic hydroxyl groups is 1. The van der Waals surface area contributed by atoms with Crippen molar-refractivity contribution < 1.29 is 14.3 Å². The van der Waals surface area contributed by atoms with E-state index in [1.165, 1.54) is 17.4 Å². The van der Waals surface area contributed by atoms with Gasteiger partial charge in [0, 0.05) is 17.2 Å². The highest BCUT2D eigenvalue weighted by atomic mass is 16.3. The van der Waals surface area contributed by atoms with E-state index in [0.29, 0.717) is 16.8 Å². The molecule has 0 bridgehead atoms. The van der Waals surface area contributed by atoms with Crippen LogP contribution in [-0.2, 0) is 0 Å². The van der Waals surface area contributed by atoms with E-state index in [2.05, 4.69) is 0 Å². The number of hydrogen-bond acceptors (Lipinski definition) is 3. The zero-order chi connectivity index (χ0) is 11.1. The van der Waals surface area contributed by atoms with Crippen LogP contribution in [0.15, 0.2) is 47.3 Å². The molecule has 16 heavy (non-hydrogen) atoms. The summed E-state index contributed by atoms with van der Waals surface area (Å²) in [5, 5.41) is 10.0. The number of benzene rings is 1. The van der Waals surface area contributed by atoms with Crippen molar-refractivity contribution in [3.8, 4) is 0 Å². The Labute approximate surface area is 91.7 Å². The lowest BCUT2D eigenvalue weighted by Gasteiger charge is -2.18. The third kappa shape index (κ3) is 1.10. The Morgan fingerprint density at radius 1 is 1.25 bits per heavy atom. The van der Waals surface area contributed by atoms with Gasteiger partial charge in [-0.15, -0.1) is 0 Å². The predicted octanol–water partition coefficient (Wildman–Crippen LogP) is 1.93. The first-order valence-electron chi connectivity index (χ1n) is 4.92. The van der Waals surface area contributed by atoms with Crippen LogP contribution >= 0.6 is 0 Å². The fourth-order valence-corrected chi connectivity index (χ4v) is 1.95. The Bertz CT molecular complexity index is 533. The van der Waals surface area contributed by atoms with Crippen LogP contribution in [-0.4, -0.2) is 11.0 Å². The van der Waals surface area contributed by atoms with Crippen molar-refractivity contribution in [2.24, 2.45) is 0 Å². The van der Waals surface area contributed by atoms with Gasteiger partial charge in [0.1, 0.15) is 6.26 Å². The number of anilines is 1. The molecule has 0 saturated carbocycles. The number of carbonyl (C=O) groups excluding carboxylic acids is 1. The van der Waals surface area contributed by atoms with Crippen LogP contribution in [0.4, 0.5) is 5.69 Å². The molecule has 1 amide bonds. The van der Waals surface area contributed by atoms with E-state index in [-0.39, 0.29) is 5.91 Å². The molecule has 1 aliphatic heterocycles. The lowest BCUT2D eigenvalue weighted by molar-refractivity contribution is 0.0935. The third-order valence-electron chi connectivity index (χ3n) is 2.72. The fourth-order valence-electron chi connectivity index (χ4n) is 1.95. The first-order valence-corrected chi connectivity index (χ1v) is 4.92. The summed E-state index contributed by atoms with van der Waals surface area (Å²) in [6.07, 6.45) is 1.98. The number of furan rings is 1. The van der Waals surface area contributed by atoms with Crippen LogP contribution in [0, 0.1) is 0 Å². The largest absolute Gasteiger partial charge is 0.470 e. The molecule has 1 atom stereocenters. The van der Waals surface area contributed by atoms with Crippen molar-refractivity contribution in [1.29, 1.82) is 0 Å². The maximum absolute atomic E-state index is 12.0. The van der Waals surface area contributed by atoms with E-state index in [1.54, 1.807) is 30.3 Å². The topological polar surface area (TPSA) is 53.7 Å². The molecule has 4 nitrogen and oxygen atoms in total. The minimum atomic E-state index is -0.929. The van der Waals surface area contributed by atoms with Gasteiger partial charge in [-0.05, 0) is 6.07 Å². The van der Waals surface area contributed by atoms with Gasteiger partial charge in [0.25, 0.3) is 5.91 Å². The molecule has 1 N–H and O–H groups in total. The summed E-state index contributed by atoms with van der Waals surface area (Å²) in [7, 11) is 0. The fraction of sp³-hybridized carbons (Fsp3) is 0.0833. The van der Waals surface area contributed by atoms with Crippen molar-refractivity contribution in [1.82, 2.24) is 0 Å². The van der Waals surface area contributed by atoms with Gasteiger partial charge in [0.05, 0.1) is 12.0 Å². The molecule has 2 heterocycles. The summed E-state index contributed by atoms with van der Waals surface area (Å²) in [4.78, 5) is 13.3. The van der Waals surface area contributed by atoms with Gasteiger partial charge in [0.2, 0.25) is 0 Å². The molecule has 4 heteroatoms. The lowest BCUT2D eigenvalue weighted by atomic mass is 10.1. The number of hydrogen-bond donors (Lipinski definition) is 1. The zero-order valence-corrected chi connectivity index (χ0v) is 8.33. The van der Waals surface area contributed by atoms with Gasteiger partial charge in [-0.25, -0.2) is 0 Å². The number of carbonyl (C=O) groups is 1. The maximum Gasteiger partial charge on any atom is 0.261 e. The predicted molar refractivity (Wildman–Crippen MR) is 56.9 cm³/mol. The first kappa shape index (κ1) is 9.18. The van der Waals surface area contributed by atoms with E-state index in [9.17, 15) is 9.90 Å². The van der Waals surface area contributed by atoms with Gasteiger partial charge in [0.15, 0.2) is 6.23 Å². The average Bonchev–Trinajstić information content (AvgIpc) is 2.89. The van der Waals surface area contributed by atoms with Crippen LogP contribution in [0.25, 0.3) is 0 Å². The molecule has 0 spiro atoms. The molecule has 2 aromatic rings. The van der Waals surface area contributed by atoms with Crippen LogP contribution in [0.3, 0.4) is 0 Å². The Hall–Kier alpha value is -2.07. The maximum atomic E-state index is 12.0. The lowest BCUT2D eigenvalue weighted by Crippen LogP contribution is -2.26. The molecular weight excluding hydrogens is 206 g/mol. The molecule has 0 radical (unpaired) electrons. The Morgan fingerprint density at radius 3 is 2.75 bits per heavy atom. The summed E-state index contributed by atoms with van der Waals surface area (Å²) in [6.45, 7) is 0. The first-order chi connectivity index (χ1) is 7.79. The second kappa shape index (κ2) is 3.21. The van der Waals surface area contributed by atoms with Crippen LogP contribution < -0.4 is 4.90 Å². The van der Waals surface area contributed by atoms with Crippen LogP contribution in [0.2, 0.25) is 0 Å². The Balaban J connectivity index is 2.11. The van der Waals surface area contributed by atoms with Crippen molar-refractivity contribution in [3.63, 3.8) is 0 Å². The zero-order valence-electron chi connectivity index (χ0n) is 8.33. The Kier molecular flexibility index (Phi) is 1.84. The molecule has 1 unspecified atom stereocenters. The molecule has 1 aromatic carbocycles. The molecule has 1 aromatic heterocycles. The van der Waals surface area contributed by atoms with E-state index < -0.39 is 6.23 Å². The van der Waals surface area contributed by atoms with Crippen LogP contribution in [0.1, 0.15) is 22.1 Å². The SMILES string of the molecule is O=C1c2ccccc2C(O)N1c1ccoc1. The summed E-state index contributed by atoms with van der Waals surface area (Å²) in [5.74, 6) is -0.204. The van der Waals surface area contributed by atoms with Crippen molar-refractivity contribution in [2.45, 2.75) is 6.23 Å². The molecule has 0 fully saturated rings. The molecule has 3 rings (SSSR count). The summed E-state index contributed by atoms with van der Waals surface area (Å²) in [5.41, 5.74) is 1.73. The minimum absolute atomic E-state index is 0.204. The van der Waals surface area contributed by atoms with E-state index in [4.69, 9.17) is 4.42 Å². The number of fused-ring (bicyclic) bond motifs is 1. The average molecular weight is 215 g/mol. The number of aliphatic hydroxyl groups excluding tert-OH is 1. The van der Waals surface area contributed by atoms with Crippen molar-refractivity contribution in [3.05, 3.63) is 54.0 Å². The van der Waals surface area contributed by atoms with Gasteiger partial charge >= 0.3 is 0 Å². The van der Waals surface area contributed by atoms with Crippen molar-refractivity contribution >= 4 is 11.6 Å². The smallest absolute Gasteiger partial charge is 0.261 e. The van der Waals surface area contributed by atoms with E-state index in [1.807, 2.05) is 0 Å². The summed E-state index contributed by atoms with van der Waals surface area (Å²) >= 11 is 0. The Morgan fingerprint density at radius 2 is 2.06 bits per heavy atom.